The third-order valence-electron chi connectivity index (χ3n) is 3.56. The Morgan fingerprint density at radius 3 is 2.94 bits per heavy atom. The zero-order valence-corrected chi connectivity index (χ0v) is 11.7. The second-order valence-corrected chi connectivity index (χ2v) is 7.08. The second-order valence-electron chi connectivity index (χ2n) is 4.82. The van der Waals surface area contributed by atoms with Gasteiger partial charge in [0.25, 0.3) is 0 Å². The van der Waals surface area contributed by atoms with Crippen molar-refractivity contribution < 1.29 is 8.42 Å². The van der Waals surface area contributed by atoms with Crippen LogP contribution in [-0.4, -0.2) is 40.7 Å². The van der Waals surface area contributed by atoms with Crippen molar-refractivity contribution in [3.05, 3.63) is 12.2 Å². The lowest BCUT2D eigenvalue weighted by molar-refractivity contribution is 0.490. The van der Waals surface area contributed by atoms with Gasteiger partial charge in [0.05, 0.1) is 11.8 Å². The largest absolute Gasteiger partial charge is 0.317 e. The fraction of sp³-hybridized carbons (Fsp3) is 0.818. The van der Waals surface area contributed by atoms with E-state index in [9.17, 15) is 8.42 Å². The minimum atomic E-state index is -2.96. The Morgan fingerprint density at radius 1 is 1.50 bits per heavy atom. The Hall–Kier alpha value is -0.950. The number of sulfone groups is 1. The van der Waals surface area contributed by atoms with Gasteiger partial charge in [-0.1, -0.05) is 6.42 Å². The van der Waals surface area contributed by atoms with Crippen LogP contribution in [0, 0.1) is 0 Å². The van der Waals surface area contributed by atoms with Gasteiger partial charge in [-0.25, -0.2) is 8.42 Å². The van der Waals surface area contributed by atoms with Crippen LogP contribution in [0.4, 0.5) is 0 Å². The highest BCUT2D eigenvalue weighted by atomic mass is 32.2. The van der Waals surface area contributed by atoms with E-state index in [-0.39, 0.29) is 11.3 Å². The van der Waals surface area contributed by atoms with E-state index in [1.54, 1.807) is 6.33 Å². The third-order valence-corrected chi connectivity index (χ3v) is 5.23. The maximum absolute atomic E-state index is 11.7. The van der Waals surface area contributed by atoms with Crippen molar-refractivity contribution in [2.75, 3.05) is 6.26 Å². The van der Waals surface area contributed by atoms with Gasteiger partial charge in [0.2, 0.25) is 0 Å². The standard InChI is InChI=1S/C11H20N4O2S/c1-3-15-8-13-14-11(15)7-12-9-5-4-6-10(9)18(2,16)17/h8-10,12H,3-7H2,1-2H3. The molecule has 0 saturated heterocycles. The van der Waals surface area contributed by atoms with Crippen molar-refractivity contribution in [3.8, 4) is 0 Å². The summed E-state index contributed by atoms with van der Waals surface area (Å²) >= 11 is 0. The van der Waals surface area contributed by atoms with Crippen molar-refractivity contribution in [2.45, 2.75) is 50.6 Å². The topological polar surface area (TPSA) is 76.9 Å². The van der Waals surface area contributed by atoms with Gasteiger partial charge in [-0.15, -0.1) is 10.2 Å². The summed E-state index contributed by atoms with van der Waals surface area (Å²) in [5.74, 6) is 0.858. The summed E-state index contributed by atoms with van der Waals surface area (Å²) < 4.78 is 25.3. The Labute approximate surface area is 108 Å². The van der Waals surface area contributed by atoms with Gasteiger partial charge in [-0.3, -0.25) is 0 Å². The molecule has 0 aliphatic heterocycles. The summed E-state index contributed by atoms with van der Waals surface area (Å²) in [6, 6.07) is 0.0435. The first-order valence-corrected chi connectivity index (χ1v) is 8.26. The molecule has 0 radical (unpaired) electrons. The van der Waals surface area contributed by atoms with Crippen molar-refractivity contribution >= 4 is 9.84 Å². The molecular formula is C11H20N4O2S. The SMILES string of the molecule is CCn1cnnc1CNC1CCCC1S(C)(=O)=O. The van der Waals surface area contributed by atoms with Crippen molar-refractivity contribution in [3.63, 3.8) is 0 Å². The van der Waals surface area contributed by atoms with E-state index in [2.05, 4.69) is 15.5 Å². The van der Waals surface area contributed by atoms with Crippen LogP contribution in [0.15, 0.2) is 6.33 Å². The van der Waals surface area contributed by atoms with Crippen LogP contribution in [0.1, 0.15) is 32.0 Å². The Balaban J connectivity index is 1.98. The molecule has 1 N–H and O–H groups in total. The number of aromatic nitrogens is 3. The summed E-state index contributed by atoms with van der Waals surface area (Å²) in [6.45, 7) is 3.43. The summed E-state index contributed by atoms with van der Waals surface area (Å²) in [6.07, 6.45) is 5.66. The van der Waals surface area contributed by atoms with Crippen molar-refractivity contribution in [1.29, 1.82) is 0 Å². The van der Waals surface area contributed by atoms with Crippen molar-refractivity contribution in [2.24, 2.45) is 0 Å². The Morgan fingerprint density at radius 2 is 2.28 bits per heavy atom. The number of hydrogen-bond acceptors (Lipinski definition) is 5. The minimum absolute atomic E-state index is 0.0435. The molecule has 1 aromatic heterocycles. The van der Waals surface area contributed by atoms with Gasteiger partial charge >= 0.3 is 0 Å². The number of rotatable bonds is 5. The van der Waals surface area contributed by atoms with E-state index in [1.165, 1.54) is 6.26 Å². The minimum Gasteiger partial charge on any atom is -0.317 e. The van der Waals surface area contributed by atoms with E-state index in [4.69, 9.17) is 0 Å². The average molecular weight is 272 g/mol. The first kappa shape index (κ1) is 13.5. The van der Waals surface area contributed by atoms with E-state index < -0.39 is 9.84 Å². The number of nitrogens with one attached hydrogen (secondary N) is 1. The molecule has 2 unspecified atom stereocenters. The third kappa shape index (κ3) is 2.89. The first-order chi connectivity index (χ1) is 8.52. The first-order valence-electron chi connectivity index (χ1n) is 6.31. The van der Waals surface area contributed by atoms with Crippen LogP contribution >= 0.6 is 0 Å². The Kier molecular flexibility index (Phi) is 4.01. The zero-order chi connectivity index (χ0) is 13.2. The van der Waals surface area contributed by atoms with Gasteiger partial charge in [-0.05, 0) is 19.8 Å². The molecule has 102 valence electrons. The molecule has 1 fully saturated rings. The lowest BCUT2D eigenvalue weighted by Gasteiger charge is -2.19. The van der Waals surface area contributed by atoms with E-state index in [1.807, 2.05) is 11.5 Å². The molecule has 0 amide bonds. The van der Waals surface area contributed by atoms with Crippen LogP contribution in [0.3, 0.4) is 0 Å². The fourth-order valence-electron chi connectivity index (χ4n) is 2.57. The fourth-order valence-corrected chi connectivity index (χ4v) is 4.00. The molecule has 18 heavy (non-hydrogen) atoms. The summed E-state index contributed by atoms with van der Waals surface area (Å²) in [7, 11) is -2.96. The van der Waals surface area contributed by atoms with Gasteiger partial charge in [0.1, 0.15) is 12.2 Å². The summed E-state index contributed by atoms with van der Waals surface area (Å²) in [5.41, 5.74) is 0. The van der Waals surface area contributed by atoms with Crippen LogP contribution in [0.5, 0.6) is 0 Å². The van der Waals surface area contributed by atoms with Gasteiger partial charge < -0.3 is 9.88 Å². The van der Waals surface area contributed by atoms with Gasteiger partial charge in [-0.2, -0.15) is 0 Å². The molecule has 0 bridgehead atoms. The van der Waals surface area contributed by atoms with Crippen LogP contribution in [-0.2, 0) is 22.9 Å². The van der Waals surface area contributed by atoms with Crippen molar-refractivity contribution in [1.82, 2.24) is 20.1 Å². The highest BCUT2D eigenvalue weighted by Gasteiger charge is 2.34. The van der Waals surface area contributed by atoms with E-state index >= 15 is 0 Å². The molecule has 2 rings (SSSR count). The normalized spacial score (nSPS) is 24.6. The number of aryl methyl sites for hydroxylation is 1. The quantitative estimate of drug-likeness (QED) is 0.837. The monoisotopic (exact) mass is 272 g/mol. The molecule has 1 saturated carbocycles. The van der Waals surface area contributed by atoms with Gasteiger partial charge in [0.15, 0.2) is 9.84 Å². The molecule has 2 atom stereocenters. The number of hydrogen-bond donors (Lipinski definition) is 1. The molecule has 7 heteroatoms. The molecule has 1 heterocycles. The van der Waals surface area contributed by atoms with Crippen LogP contribution in [0.25, 0.3) is 0 Å². The predicted molar refractivity (Wildman–Crippen MR) is 68.8 cm³/mol. The maximum atomic E-state index is 11.7. The molecule has 0 spiro atoms. The maximum Gasteiger partial charge on any atom is 0.151 e. The van der Waals surface area contributed by atoms with Crippen LogP contribution in [0.2, 0.25) is 0 Å². The zero-order valence-electron chi connectivity index (χ0n) is 10.8. The molecule has 1 aliphatic carbocycles. The van der Waals surface area contributed by atoms with E-state index in [0.29, 0.717) is 6.54 Å². The molecule has 0 aromatic carbocycles. The highest BCUT2D eigenvalue weighted by Crippen LogP contribution is 2.25. The van der Waals surface area contributed by atoms with E-state index in [0.717, 1.165) is 31.6 Å². The second kappa shape index (κ2) is 5.36. The highest BCUT2D eigenvalue weighted by molar-refractivity contribution is 7.91. The summed E-state index contributed by atoms with van der Waals surface area (Å²) in [5, 5.41) is 11.0. The smallest absolute Gasteiger partial charge is 0.151 e. The number of nitrogens with zero attached hydrogens (tertiary/aromatic N) is 3. The molecule has 1 aliphatic rings. The molecular weight excluding hydrogens is 252 g/mol. The Bertz CT molecular complexity index is 497. The molecule has 6 nitrogen and oxygen atoms in total. The van der Waals surface area contributed by atoms with Crippen LogP contribution < -0.4 is 5.32 Å². The summed E-state index contributed by atoms with van der Waals surface area (Å²) in [4.78, 5) is 0. The lowest BCUT2D eigenvalue weighted by atomic mass is 10.2. The average Bonchev–Trinajstić information content (AvgIpc) is 2.93. The van der Waals surface area contributed by atoms with Gasteiger partial charge in [0, 0.05) is 18.8 Å². The lowest BCUT2D eigenvalue weighted by Crippen LogP contribution is -2.40. The molecule has 1 aromatic rings. The predicted octanol–water partition coefficient (Wildman–Crippen LogP) is 0.353.